The molecule has 0 bridgehead atoms. The van der Waals surface area contributed by atoms with Crippen LogP contribution < -0.4 is 5.32 Å². The predicted molar refractivity (Wildman–Crippen MR) is 72.7 cm³/mol. The maximum atomic E-state index is 3.70. The molecule has 1 N–H and O–H groups in total. The molecule has 1 fully saturated rings. The van der Waals surface area contributed by atoms with Crippen LogP contribution in [-0.4, -0.2) is 12.6 Å². The lowest BCUT2D eigenvalue weighted by atomic mass is 9.61. The molecule has 0 aromatic heterocycles. The topological polar surface area (TPSA) is 12.0 Å². The lowest BCUT2D eigenvalue weighted by Gasteiger charge is -2.46. The Balaban J connectivity index is 2.55. The second kappa shape index (κ2) is 6.64. The molecule has 0 radical (unpaired) electrons. The highest BCUT2D eigenvalue weighted by Gasteiger charge is 2.39. The van der Waals surface area contributed by atoms with Crippen molar-refractivity contribution in [1.29, 1.82) is 0 Å². The Morgan fingerprint density at radius 2 is 1.94 bits per heavy atom. The Hall–Kier alpha value is -0.0400. The fourth-order valence-corrected chi connectivity index (χ4v) is 2.98. The minimum atomic E-state index is 0.610. The molecule has 0 aromatic rings. The summed E-state index contributed by atoms with van der Waals surface area (Å²) in [4.78, 5) is 0. The molecule has 1 heteroatoms. The van der Waals surface area contributed by atoms with Crippen molar-refractivity contribution in [2.75, 3.05) is 6.54 Å². The molecule has 1 unspecified atom stereocenters. The first-order chi connectivity index (χ1) is 7.64. The third kappa shape index (κ3) is 3.48. The number of unbranched alkanes of at least 4 members (excludes halogenated alkanes) is 1. The van der Waals surface area contributed by atoms with Crippen molar-refractivity contribution in [3.8, 4) is 0 Å². The summed E-state index contributed by atoms with van der Waals surface area (Å²) in [5.41, 5.74) is 0.610. The van der Waals surface area contributed by atoms with Gasteiger partial charge in [0.2, 0.25) is 0 Å². The highest BCUT2D eigenvalue weighted by atomic mass is 14.9. The summed E-state index contributed by atoms with van der Waals surface area (Å²) in [6, 6.07) is 0.632. The SMILES string of the molecule is CCCCC(CC)(CNC(C)C)C1CCC1. The Labute approximate surface area is 102 Å². The molecule has 1 nitrogen and oxygen atoms in total. The van der Waals surface area contributed by atoms with Crippen LogP contribution in [0.1, 0.15) is 72.6 Å². The first-order valence-corrected chi connectivity index (χ1v) is 7.38. The van der Waals surface area contributed by atoms with Crippen molar-refractivity contribution >= 4 is 0 Å². The van der Waals surface area contributed by atoms with Gasteiger partial charge >= 0.3 is 0 Å². The summed E-state index contributed by atoms with van der Waals surface area (Å²) in [6.07, 6.45) is 9.98. The Morgan fingerprint density at radius 1 is 1.25 bits per heavy atom. The van der Waals surface area contributed by atoms with Gasteiger partial charge in [0.1, 0.15) is 0 Å². The maximum absolute atomic E-state index is 3.70. The molecule has 1 aliphatic rings. The van der Waals surface area contributed by atoms with E-state index < -0.39 is 0 Å². The van der Waals surface area contributed by atoms with Gasteiger partial charge in [-0.3, -0.25) is 0 Å². The van der Waals surface area contributed by atoms with E-state index >= 15 is 0 Å². The van der Waals surface area contributed by atoms with Gasteiger partial charge in [0, 0.05) is 12.6 Å². The molecule has 1 saturated carbocycles. The molecular formula is C15H31N. The highest BCUT2D eigenvalue weighted by Crippen LogP contribution is 2.47. The number of nitrogens with one attached hydrogen (secondary N) is 1. The van der Waals surface area contributed by atoms with E-state index in [1.807, 2.05) is 0 Å². The minimum absolute atomic E-state index is 0.610. The summed E-state index contributed by atoms with van der Waals surface area (Å²) in [6.45, 7) is 10.5. The second-order valence-electron chi connectivity index (χ2n) is 5.98. The average molecular weight is 225 g/mol. The van der Waals surface area contributed by atoms with Crippen LogP contribution in [0.2, 0.25) is 0 Å². The molecule has 1 aliphatic carbocycles. The van der Waals surface area contributed by atoms with E-state index in [0.29, 0.717) is 11.5 Å². The molecule has 1 atom stereocenters. The van der Waals surface area contributed by atoms with Gasteiger partial charge in [0.25, 0.3) is 0 Å². The van der Waals surface area contributed by atoms with Gasteiger partial charge in [-0.1, -0.05) is 47.0 Å². The normalized spacial score (nSPS) is 20.8. The molecule has 0 spiro atoms. The molecule has 0 aliphatic heterocycles. The van der Waals surface area contributed by atoms with Crippen LogP contribution in [0.15, 0.2) is 0 Å². The van der Waals surface area contributed by atoms with E-state index in [1.165, 1.54) is 51.5 Å². The third-order valence-corrected chi connectivity index (χ3v) is 4.57. The molecular weight excluding hydrogens is 194 g/mol. The van der Waals surface area contributed by atoms with Crippen LogP contribution in [0.3, 0.4) is 0 Å². The lowest BCUT2D eigenvalue weighted by Crippen LogP contribution is -2.44. The van der Waals surface area contributed by atoms with Gasteiger partial charge in [-0.2, -0.15) is 0 Å². The Kier molecular flexibility index (Phi) is 5.82. The molecule has 0 saturated heterocycles. The molecule has 0 amide bonds. The smallest absolute Gasteiger partial charge is 0.00127 e. The van der Waals surface area contributed by atoms with Gasteiger partial charge in [-0.05, 0) is 37.0 Å². The number of hydrogen-bond donors (Lipinski definition) is 1. The van der Waals surface area contributed by atoms with Crippen molar-refractivity contribution in [2.45, 2.75) is 78.7 Å². The van der Waals surface area contributed by atoms with Gasteiger partial charge in [0.05, 0.1) is 0 Å². The first-order valence-electron chi connectivity index (χ1n) is 7.38. The van der Waals surface area contributed by atoms with E-state index in [-0.39, 0.29) is 0 Å². The first kappa shape index (κ1) is 14.0. The highest BCUT2D eigenvalue weighted by molar-refractivity contribution is 4.91. The number of rotatable bonds is 8. The fourth-order valence-electron chi connectivity index (χ4n) is 2.98. The number of hydrogen-bond acceptors (Lipinski definition) is 1. The fraction of sp³-hybridized carbons (Fsp3) is 1.00. The minimum Gasteiger partial charge on any atom is -0.314 e. The largest absolute Gasteiger partial charge is 0.314 e. The summed E-state index contributed by atoms with van der Waals surface area (Å²) in [5, 5.41) is 3.70. The maximum Gasteiger partial charge on any atom is 0.00127 e. The van der Waals surface area contributed by atoms with Crippen molar-refractivity contribution in [3.05, 3.63) is 0 Å². The quantitative estimate of drug-likeness (QED) is 0.647. The van der Waals surface area contributed by atoms with Crippen molar-refractivity contribution in [1.82, 2.24) is 5.32 Å². The van der Waals surface area contributed by atoms with E-state index in [0.717, 1.165) is 5.92 Å². The van der Waals surface area contributed by atoms with Crippen molar-refractivity contribution in [2.24, 2.45) is 11.3 Å². The predicted octanol–water partition coefficient (Wildman–Crippen LogP) is 4.37. The van der Waals surface area contributed by atoms with Crippen LogP contribution >= 0.6 is 0 Å². The molecule has 0 heterocycles. The van der Waals surface area contributed by atoms with E-state index in [9.17, 15) is 0 Å². The van der Waals surface area contributed by atoms with Crippen LogP contribution in [0, 0.1) is 11.3 Å². The van der Waals surface area contributed by atoms with Gasteiger partial charge < -0.3 is 5.32 Å². The molecule has 1 rings (SSSR count). The Bertz CT molecular complexity index is 184. The summed E-state index contributed by atoms with van der Waals surface area (Å²) < 4.78 is 0. The van der Waals surface area contributed by atoms with Gasteiger partial charge in [0.15, 0.2) is 0 Å². The third-order valence-electron chi connectivity index (χ3n) is 4.57. The zero-order chi connectivity index (χ0) is 12.0. The molecule has 0 aromatic carbocycles. The lowest BCUT2D eigenvalue weighted by molar-refractivity contribution is 0.0618. The van der Waals surface area contributed by atoms with Crippen LogP contribution in [0.25, 0.3) is 0 Å². The zero-order valence-corrected chi connectivity index (χ0v) is 11.8. The van der Waals surface area contributed by atoms with Gasteiger partial charge in [-0.15, -0.1) is 0 Å². The van der Waals surface area contributed by atoms with E-state index in [2.05, 4.69) is 33.0 Å². The standard InChI is InChI=1S/C15H31N/c1-5-7-11-15(6-2,12-16-13(3)4)14-9-8-10-14/h13-14,16H,5-12H2,1-4H3. The van der Waals surface area contributed by atoms with Crippen LogP contribution in [0.5, 0.6) is 0 Å². The van der Waals surface area contributed by atoms with Gasteiger partial charge in [-0.25, -0.2) is 0 Å². The van der Waals surface area contributed by atoms with Crippen molar-refractivity contribution < 1.29 is 0 Å². The van der Waals surface area contributed by atoms with Crippen molar-refractivity contribution in [3.63, 3.8) is 0 Å². The van der Waals surface area contributed by atoms with E-state index in [4.69, 9.17) is 0 Å². The average Bonchev–Trinajstić information content (AvgIpc) is 2.19. The monoisotopic (exact) mass is 225 g/mol. The van der Waals surface area contributed by atoms with Crippen LogP contribution in [-0.2, 0) is 0 Å². The summed E-state index contributed by atoms with van der Waals surface area (Å²) in [5.74, 6) is 1.01. The summed E-state index contributed by atoms with van der Waals surface area (Å²) >= 11 is 0. The summed E-state index contributed by atoms with van der Waals surface area (Å²) in [7, 11) is 0. The second-order valence-corrected chi connectivity index (χ2v) is 5.98. The molecule has 96 valence electrons. The molecule has 16 heavy (non-hydrogen) atoms. The van der Waals surface area contributed by atoms with E-state index in [1.54, 1.807) is 0 Å². The van der Waals surface area contributed by atoms with Crippen LogP contribution in [0.4, 0.5) is 0 Å². The Morgan fingerprint density at radius 3 is 2.31 bits per heavy atom. The zero-order valence-electron chi connectivity index (χ0n) is 11.8.